The lowest BCUT2D eigenvalue weighted by Crippen LogP contribution is -2.37. The molecular formula is C28H28N4O2. The third-order valence-corrected chi connectivity index (χ3v) is 6.55. The highest BCUT2D eigenvalue weighted by Crippen LogP contribution is 2.25. The van der Waals surface area contributed by atoms with Crippen molar-refractivity contribution in [2.45, 2.75) is 38.6 Å². The molecule has 0 unspecified atom stereocenters. The zero-order chi connectivity index (χ0) is 23.5. The van der Waals surface area contributed by atoms with Gasteiger partial charge in [-0.25, -0.2) is 4.98 Å². The Hall–Kier alpha value is -3.93. The molecule has 0 spiro atoms. The summed E-state index contributed by atoms with van der Waals surface area (Å²) in [6.07, 6.45) is 4.45. The summed E-state index contributed by atoms with van der Waals surface area (Å²) in [5.41, 5.74) is 4.40. The van der Waals surface area contributed by atoms with E-state index in [1.807, 2.05) is 60.7 Å². The second kappa shape index (κ2) is 9.51. The quantitative estimate of drug-likeness (QED) is 0.358. The maximum atomic E-state index is 12.6. The number of hydrogen-bond donors (Lipinski definition) is 3. The van der Waals surface area contributed by atoms with Crippen LogP contribution < -0.4 is 10.6 Å². The minimum Gasteiger partial charge on any atom is -0.349 e. The Kier molecular flexibility index (Phi) is 6.12. The Morgan fingerprint density at radius 3 is 2.29 bits per heavy atom. The monoisotopic (exact) mass is 452 g/mol. The van der Waals surface area contributed by atoms with Crippen LogP contribution in [0, 0.1) is 5.92 Å². The van der Waals surface area contributed by atoms with Gasteiger partial charge in [0, 0.05) is 28.4 Å². The molecule has 3 aromatic carbocycles. The first-order valence-corrected chi connectivity index (χ1v) is 11.8. The van der Waals surface area contributed by atoms with Gasteiger partial charge in [-0.1, -0.05) is 37.3 Å². The van der Waals surface area contributed by atoms with Gasteiger partial charge in [-0.3, -0.25) is 9.59 Å². The average molecular weight is 453 g/mol. The predicted octanol–water partition coefficient (Wildman–Crippen LogP) is 5.79. The topological polar surface area (TPSA) is 86.9 Å². The zero-order valence-electron chi connectivity index (χ0n) is 19.2. The number of benzene rings is 3. The van der Waals surface area contributed by atoms with E-state index in [1.54, 1.807) is 12.1 Å². The second-order valence-electron chi connectivity index (χ2n) is 9.15. The number of imidazole rings is 1. The van der Waals surface area contributed by atoms with Crippen LogP contribution in [0.15, 0.2) is 72.8 Å². The van der Waals surface area contributed by atoms with Crippen LogP contribution in [0.5, 0.6) is 0 Å². The van der Waals surface area contributed by atoms with Crippen LogP contribution in [0.1, 0.15) is 53.3 Å². The summed E-state index contributed by atoms with van der Waals surface area (Å²) in [6, 6.07) is 22.5. The van der Waals surface area contributed by atoms with Gasteiger partial charge in [0.15, 0.2) is 0 Å². The van der Waals surface area contributed by atoms with Gasteiger partial charge in [-0.2, -0.15) is 0 Å². The number of anilines is 1. The largest absolute Gasteiger partial charge is 0.349 e. The maximum Gasteiger partial charge on any atom is 0.255 e. The Labute approximate surface area is 198 Å². The minimum absolute atomic E-state index is 0.0234. The predicted molar refractivity (Wildman–Crippen MR) is 135 cm³/mol. The lowest BCUT2D eigenvalue weighted by atomic mass is 9.87. The van der Waals surface area contributed by atoms with Crippen molar-refractivity contribution in [2.75, 3.05) is 5.32 Å². The van der Waals surface area contributed by atoms with Gasteiger partial charge < -0.3 is 15.6 Å². The van der Waals surface area contributed by atoms with Gasteiger partial charge in [-0.05, 0) is 74.1 Å². The van der Waals surface area contributed by atoms with E-state index in [0.717, 1.165) is 41.0 Å². The Bertz CT molecular complexity index is 1300. The first kappa shape index (κ1) is 21.9. The molecular weight excluding hydrogens is 424 g/mol. The summed E-state index contributed by atoms with van der Waals surface area (Å²) >= 11 is 0. The summed E-state index contributed by atoms with van der Waals surface area (Å²) < 4.78 is 0. The molecule has 0 aliphatic heterocycles. The molecule has 6 nitrogen and oxygen atoms in total. The summed E-state index contributed by atoms with van der Waals surface area (Å²) in [7, 11) is 0. The van der Waals surface area contributed by atoms with Crippen LogP contribution in [-0.4, -0.2) is 27.8 Å². The van der Waals surface area contributed by atoms with Crippen molar-refractivity contribution in [2.24, 2.45) is 5.92 Å². The number of amides is 2. The summed E-state index contributed by atoms with van der Waals surface area (Å²) in [6.45, 7) is 2.27. The normalized spacial score (nSPS) is 17.9. The highest BCUT2D eigenvalue weighted by atomic mass is 16.2. The third-order valence-electron chi connectivity index (χ3n) is 6.55. The van der Waals surface area contributed by atoms with Crippen LogP contribution in [0.25, 0.3) is 22.4 Å². The molecule has 1 fully saturated rings. The highest BCUT2D eigenvalue weighted by Gasteiger charge is 2.20. The van der Waals surface area contributed by atoms with Crippen molar-refractivity contribution in [3.05, 3.63) is 83.9 Å². The zero-order valence-corrected chi connectivity index (χ0v) is 19.2. The van der Waals surface area contributed by atoms with Gasteiger partial charge in [0.2, 0.25) is 0 Å². The van der Waals surface area contributed by atoms with E-state index < -0.39 is 0 Å². The molecule has 3 N–H and O–H groups in total. The molecule has 5 rings (SSSR count). The summed E-state index contributed by atoms with van der Waals surface area (Å²) in [5, 5.41) is 6.07. The highest BCUT2D eigenvalue weighted by molar-refractivity contribution is 6.06. The second-order valence-corrected chi connectivity index (χ2v) is 9.15. The van der Waals surface area contributed by atoms with Crippen molar-refractivity contribution < 1.29 is 9.59 Å². The molecule has 1 saturated carbocycles. The Morgan fingerprint density at radius 1 is 0.853 bits per heavy atom. The number of fused-ring (bicyclic) bond motifs is 1. The SMILES string of the molecule is CC1CCC(NC(=O)c2ccc(-c3nc4ccc(C(=O)Nc5ccccc5)cc4[nH]3)cc2)CC1. The fourth-order valence-corrected chi connectivity index (χ4v) is 4.46. The molecule has 1 aliphatic carbocycles. The van der Waals surface area contributed by atoms with Crippen LogP contribution in [-0.2, 0) is 0 Å². The fourth-order valence-electron chi connectivity index (χ4n) is 4.46. The van der Waals surface area contributed by atoms with Gasteiger partial charge in [-0.15, -0.1) is 0 Å². The first-order chi connectivity index (χ1) is 16.5. The van der Waals surface area contributed by atoms with Gasteiger partial charge in [0.05, 0.1) is 11.0 Å². The average Bonchev–Trinajstić information content (AvgIpc) is 3.30. The summed E-state index contributed by atoms with van der Waals surface area (Å²) in [4.78, 5) is 33.2. The van der Waals surface area contributed by atoms with E-state index in [4.69, 9.17) is 0 Å². The summed E-state index contributed by atoms with van der Waals surface area (Å²) in [5.74, 6) is 1.26. The molecule has 2 amide bonds. The fraction of sp³-hybridized carbons (Fsp3) is 0.250. The van der Waals surface area contributed by atoms with Gasteiger partial charge >= 0.3 is 0 Å². The Balaban J connectivity index is 1.28. The smallest absolute Gasteiger partial charge is 0.255 e. The number of nitrogens with zero attached hydrogens (tertiary/aromatic N) is 1. The van der Waals surface area contributed by atoms with Crippen LogP contribution in [0.3, 0.4) is 0 Å². The van der Waals surface area contributed by atoms with Crippen LogP contribution in [0.4, 0.5) is 5.69 Å². The molecule has 0 bridgehead atoms. The van der Waals surface area contributed by atoms with Crippen molar-refractivity contribution in [1.82, 2.24) is 15.3 Å². The molecule has 34 heavy (non-hydrogen) atoms. The molecule has 1 aromatic heterocycles. The van der Waals surface area contributed by atoms with Crippen LogP contribution >= 0.6 is 0 Å². The van der Waals surface area contributed by atoms with Crippen molar-refractivity contribution in [3.63, 3.8) is 0 Å². The number of aromatic nitrogens is 2. The van der Waals surface area contributed by atoms with Crippen molar-refractivity contribution >= 4 is 28.5 Å². The number of rotatable bonds is 5. The van der Waals surface area contributed by atoms with E-state index in [2.05, 4.69) is 27.5 Å². The standard InChI is InChI=1S/C28H28N4O2/c1-18-7-14-23(15-8-18)30-27(33)20-11-9-19(10-12-20)26-31-24-16-13-21(17-25(24)32-26)28(34)29-22-5-3-2-4-6-22/h2-6,9-13,16-18,23H,7-8,14-15H2,1H3,(H,29,34)(H,30,33)(H,31,32). The number of H-pyrrole nitrogens is 1. The van der Waals surface area contributed by atoms with E-state index in [-0.39, 0.29) is 17.9 Å². The molecule has 0 radical (unpaired) electrons. The van der Waals surface area contributed by atoms with E-state index >= 15 is 0 Å². The molecule has 172 valence electrons. The number of aromatic amines is 1. The maximum absolute atomic E-state index is 12.6. The molecule has 0 atom stereocenters. The Morgan fingerprint density at radius 2 is 1.56 bits per heavy atom. The number of hydrogen-bond acceptors (Lipinski definition) is 3. The van der Waals surface area contributed by atoms with E-state index in [0.29, 0.717) is 17.0 Å². The number of carbonyl (C=O) groups excluding carboxylic acids is 2. The van der Waals surface area contributed by atoms with Crippen molar-refractivity contribution in [1.29, 1.82) is 0 Å². The van der Waals surface area contributed by atoms with Gasteiger partial charge in [0.1, 0.15) is 5.82 Å². The lowest BCUT2D eigenvalue weighted by molar-refractivity contribution is 0.0922. The molecule has 6 heteroatoms. The van der Waals surface area contributed by atoms with Crippen molar-refractivity contribution in [3.8, 4) is 11.4 Å². The van der Waals surface area contributed by atoms with Gasteiger partial charge in [0.25, 0.3) is 11.8 Å². The molecule has 1 aliphatic rings. The van der Waals surface area contributed by atoms with Crippen LogP contribution in [0.2, 0.25) is 0 Å². The molecule has 4 aromatic rings. The number of nitrogens with one attached hydrogen (secondary N) is 3. The molecule has 1 heterocycles. The van der Waals surface area contributed by atoms with E-state index in [1.165, 1.54) is 12.8 Å². The van der Waals surface area contributed by atoms with E-state index in [9.17, 15) is 9.59 Å². The number of para-hydroxylation sites is 1. The lowest BCUT2D eigenvalue weighted by Gasteiger charge is -2.26. The minimum atomic E-state index is -0.174. The molecule has 0 saturated heterocycles. The first-order valence-electron chi connectivity index (χ1n) is 11.8. The number of carbonyl (C=O) groups is 2. The third kappa shape index (κ3) is 4.86.